The number of rotatable bonds is 3. The quantitative estimate of drug-likeness (QED) is 0.246. The second-order valence-corrected chi connectivity index (χ2v) is 10.6. The second-order valence-electron chi connectivity index (χ2n) is 4.95. The SMILES string of the molecule is CCCS(=O)(=O)O.O=C1C2CC=CCC2C(=O)N1SC(Cl)(Cl)Cl. The number of amides is 2. The van der Waals surface area contributed by atoms with Crippen LogP contribution in [0.25, 0.3) is 0 Å². The number of imide groups is 1. The summed E-state index contributed by atoms with van der Waals surface area (Å²) in [7, 11) is -3.67. The molecule has 2 unspecified atom stereocenters. The fraction of sp³-hybridized carbons (Fsp3) is 0.667. The van der Waals surface area contributed by atoms with Crippen LogP contribution in [0.1, 0.15) is 26.2 Å². The first-order valence-electron chi connectivity index (χ1n) is 6.70. The summed E-state index contributed by atoms with van der Waals surface area (Å²) in [6.45, 7) is 1.69. The van der Waals surface area contributed by atoms with Crippen molar-refractivity contribution in [3.05, 3.63) is 12.2 Å². The van der Waals surface area contributed by atoms with Crippen molar-refractivity contribution in [2.75, 3.05) is 5.75 Å². The van der Waals surface area contributed by atoms with Gasteiger partial charge in [0.2, 0.25) is 11.8 Å². The first-order chi connectivity index (χ1) is 10.5. The van der Waals surface area contributed by atoms with E-state index in [2.05, 4.69) is 0 Å². The second kappa shape index (κ2) is 8.40. The van der Waals surface area contributed by atoms with Gasteiger partial charge in [-0.1, -0.05) is 53.9 Å². The van der Waals surface area contributed by atoms with Crippen LogP contribution in [0, 0.1) is 11.8 Å². The molecule has 1 fully saturated rings. The molecule has 1 saturated heterocycles. The van der Waals surface area contributed by atoms with E-state index >= 15 is 0 Å². The van der Waals surface area contributed by atoms with Gasteiger partial charge in [-0.3, -0.25) is 14.1 Å². The summed E-state index contributed by atoms with van der Waals surface area (Å²) < 4.78 is 26.9. The average molecular weight is 425 g/mol. The molecule has 0 bridgehead atoms. The number of alkyl halides is 3. The molecule has 1 aliphatic heterocycles. The summed E-state index contributed by atoms with van der Waals surface area (Å²) >= 11 is 17.4. The predicted octanol–water partition coefficient (Wildman–Crippen LogP) is 3.20. The number of hydrogen-bond acceptors (Lipinski definition) is 5. The van der Waals surface area contributed by atoms with Crippen LogP contribution in [0.3, 0.4) is 0 Å². The Bertz CT molecular complexity index is 562. The van der Waals surface area contributed by atoms with Gasteiger partial charge in [-0.25, -0.2) is 4.31 Å². The van der Waals surface area contributed by atoms with Gasteiger partial charge in [0.25, 0.3) is 13.2 Å². The molecule has 132 valence electrons. The normalized spacial score (nSPS) is 24.3. The van der Waals surface area contributed by atoms with Crippen LogP contribution in [0.2, 0.25) is 0 Å². The lowest BCUT2D eigenvalue weighted by atomic mass is 9.85. The molecule has 2 atom stereocenters. The van der Waals surface area contributed by atoms with E-state index in [1.54, 1.807) is 6.92 Å². The highest BCUT2D eigenvalue weighted by molar-refractivity contribution is 8.03. The van der Waals surface area contributed by atoms with Gasteiger partial charge < -0.3 is 0 Å². The molecule has 1 aliphatic carbocycles. The fourth-order valence-corrected chi connectivity index (χ4v) is 4.02. The van der Waals surface area contributed by atoms with Crippen molar-refractivity contribution in [3.8, 4) is 0 Å². The minimum Gasteiger partial charge on any atom is -0.286 e. The first-order valence-corrected chi connectivity index (χ1v) is 10.2. The van der Waals surface area contributed by atoms with Crippen molar-refractivity contribution in [1.82, 2.24) is 4.31 Å². The first kappa shape index (κ1) is 21.1. The molecule has 1 heterocycles. The molecule has 0 aromatic rings. The van der Waals surface area contributed by atoms with Gasteiger partial charge in [-0.2, -0.15) is 8.42 Å². The summed E-state index contributed by atoms with van der Waals surface area (Å²) in [6.07, 6.45) is 5.48. The Morgan fingerprint density at radius 3 is 1.91 bits per heavy atom. The van der Waals surface area contributed by atoms with Gasteiger partial charge in [0.05, 0.1) is 17.6 Å². The highest BCUT2D eigenvalue weighted by Gasteiger charge is 2.49. The van der Waals surface area contributed by atoms with Crippen molar-refractivity contribution >= 4 is 68.7 Å². The van der Waals surface area contributed by atoms with Gasteiger partial charge in [0, 0.05) is 11.9 Å². The number of hydrogen-bond donors (Lipinski definition) is 1. The molecule has 2 aliphatic rings. The van der Waals surface area contributed by atoms with Crippen LogP contribution in [0.15, 0.2) is 12.2 Å². The lowest BCUT2D eigenvalue weighted by Gasteiger charge is -2.17. The summed E-state index contributed by atoms with van der Waals surface area (Å²) in [4.78, 5) is 23.8. The van der Waals surface area contributed by atoms with Crippen LogP contribution in [-0.4, -0.2) is 38.0 Å². The van der Waals surface area contributed by atoms with Gasteiger partial charge in [0.1, 0.15) is 0 Å². The molecular formula is C12H16Cl3NO5S2. The van der Waals surface area contributed by atoms with E-state index in [9.17, 15) is 18.0 Å². The Morgan fingerprint density at radius 1 is 1.22 bits per heavy atom. The lowest BCUT2D eigenvalue weighted by molar-refractivity contribution is -0.133. The molecule has 2 amide bonds. The van der Waals surface area contributed by atoms with Gasteiger partial charge >= 0.3 is 0 Å². The van der Waals surface area contributed by atoms with Gasteiger partial charge in [-0.05, 0) is 19.3 Å². The summed E-state index contributed by atoms with van der Waals surface area (Å²) in [5.41, 5.74) is 0. The topological polar surface area (TPSA) is 91.7 Å². The number of allylic oxidation sites excluding steroid dienone is 2. The van der Waals surface area contributed by atoms with E-state index in [4.69, 9.17) is 39.4 Å². The van der Waals surface area contributed by atoms with E-state index in [1.807, 2.05) is 12.2 Å². The third-order valence-electron chi connectivity index (χ3n) is 3.12. The maximum Gasteiger partial charge on any atom is 0.264 e. The van der Waals surface area contributed by atoms with Crippen LogP contribution in [0.5, 0.6) is 0 Å². The van der Waals surface area contributed by atoms with Crippen molar-refractivity contribution in [3.63, 3.8) is 0 Å². The number of carbonyl (C=O) groups excluding carboxylic acids is 2. The highest BCUT2D eigenvalue weighted by Crippen LogP contribution is 2.46. The maximum absolute atomic E-state index is 11.9. The molecular weight excluding hydrogens is 409 g/mol. The van der Waals surface area contributed by atoms with Crippen molar-refractivity contribution < 1.29 is 22.6 Å². The molecule has 0 aromatic heterocycles. The highest BCUT2D eigenvalue weighted by atomic mass is 35.6. The third-order valence-corrected chi connectivity index (χ3v) is 5.42. The van der Waals surface area contributed by atoms with E-state index < -0.39 is 13.2 Å². The zero-order chi connectivity index (χ0) is 17.8. The van der Waals surface area contributed by atoms with Gasteiger partial charge in [0.15, 0.2) is 0 Å². The Balaban J connectivity index is 0.000000322. The molecule has 11 heteroatoms. The lowest BCUT2D eigenvalue weighted by Crippen LogP contribution is -2.26. The predicted molar refractivity (Wildman–Crippen MR) is 91.8 cm³/mol. The van der Waals surface area contributed by atoms with E-state index in [1.165, 1.54) is 0 Å². The standard InChI is InChI=1S/C9H8Cl3NO2S.C3H8O3S/c10-9(11,12)16-13-7(14)5-3-1-2-4-6(5)8(13)15;1-2-3-7(4,5)6/h1-2,5-6H,3-4H2;2-3H2,1H3,(H,4,5,6). The minimum atomic E-state index is -3.67. The molecule has 0 saturated carbocycles. The number of carbonyl (C=O) groups is 2. The zero-order valence-corrected chi connectivity index (χ0v) is 16.0. The number of nitrogens with zero attached hydrogens (tertiary/aromatic N) is 1. The Morgan fingerprint density at radius 2 is 1.65 bits per heavy atom. The molecule has 0 spiro atoms. The van der Waals surface area contributed by atoms with Crippen LogP contribution >= 0.6 is 46.8 Å². The number of fused-ring (bicyclic) bond motifs is 1. The van der Waals surface area contributed by atoms with E-state index in [-0.39, 0.29) is 29.4 Å². The summed E-state index contributed by atoms with van der Waals surface area (Å²) in [5.74, 6) is -1.20. The van der Waals surface area contributed by atoms with E-state index in [0.717, 1.165) is 4.31 Å². The largest absolute Gasteiger partial charge is 0.286 e. The molecule has 2 rings (SSSR count). The van der Waals surface area contributed by atoms with Crippen molar-refractivity contribution in [1.29, 1.82) is 0 Å². The van der Waals surface area contributed by atoms with Crippen molar-refractivity contribution in [2.45, 2.75) is 29.3 Å². The minimum absolute atomic E-state index is 0.132. The Labute approximate surface area is 154 Å². The Hall–Kier alpha value is 0.01000. The average Bonchev–Trinajstić information content (AvgIpc) is 2.63. The van der Waals surface area contributed by atoms with Crippen LogP contribution < -0.4 is 0 Å². The molecule has 23 heavy (non-hydrogen) atoms. The summed E-state index contributed by atoms with van der Waals surface area (Å²) in [5, 5.41) is 0. The van der Waals surface area contributed by atoms with Gasteiger partial charge in [-0.15, -0.1) is 0 Å². The monoisotopic (exact) mass is 423 g/mol. The summed E-state index contributed by atoms with van der Waals surface area (Å²) in [6, 6.07) is 0. The Kier molecular flexibility index (Phi) is 7.69. The molecule has 1 N–H and O–H groups in total. The zero-order valence-electron chi connectivity index (χ0n) is 12.1. The number of halogens is 3. The molecule has 6 nitrogen and oxygen atoms in total. The molecule has 0 aromatic carbocycles. The maximum atomic E-state index is 11.9. The van der Waals surface area contributed by atoms with E-state index in [0.29, 0.717) is 31.2 Å². The van der Waals surface area contributed by atoms with Crippen molar-refractivity contribution in [2.24, 2.45) is 11.8 Å². The third kappa shape index (κ3) is 6.80. The smallest absolute Gasteiger partial charge is 0.264 e. The molecule has 0 radical (unpaired) electrons. The van der Waals surface area contributed by atoms with Crippen LogP contribution in [0.4, 0.5) is 0 Å². The van der Waals surface area contributed by atoms with Crippen LogP contribution in [-0.2, 0) is 19.7 Å². The fourth-order valence-electron chi connectivity index (χ4n) is 2.22.